The van der Waals surface area contributed by atoms with Crippen LogP contribution >= 0.6 is 0 Å². The summed E-state index contributed by atoms with van der Waals surface area (Å²) in [5, 5.41) is 0. The monoisotopic (exact) mass is 164 g/mol. The van der Waals surface area contributed by atoms with E-state index in [4.69, 9.17) is 0 Å². The number of rotatable bonds is 4. The van der Waals surface area contributed by atoms with E-state index in [2.05, 4.69) is 52.3 Å². The fraction of sp³-hybridized carbons (Fsp3) is 1.00. The molecular weight excluding hydrogens is 139 g/mol. The predicted octanol–water partition coefficient (Wildman–Crippen LogP) is 4.35. The van der Waals surface area contributed by atoms with Crippen molar-refractivity contribution < 1.29 is 0 Å². The number of hydrogen-bond acceptors (Lipinski definition) is 0. The van der Waals surface area contributed by atoms with Crippen LogP contribution in [0.5, 0.6) is 0 Å². The van der Waals surface area contributed by atoms with Gasteiger partial charge in [0.1, 0.15) is 0 Å². The summed E-state index contributed by atoms with van der Waals surface area (Å²) in [5.41, 5.74) is 0. The molecule has 12 heavy (non-hydrogen) atoms. The molecular formula is C11H25Li. The summed E-state index contributed by atoms with van der Waals surface area (Å²) < 4.78 is 0.500. The van der Waals surface area contributed by atoms with Crippen molar-refractivity contribution in [2.24, 2.45) is 0 Å². The first kappa shape index (κ1) is 15.1. The van der Waals surface area contributed by atoms with Gasteiger partial charge < -0.3 is 0 Å². The van der Waals surface area contributed by atoms with Crippen molar-refractivity contribution in [3.63, 3.8) is 0 Å². The number of unbranched alkanes of at least 4 members (excludes halogenated alkanes) is 4. The minimum atomic E-state index is 0.500. The Hall–Kier alpha value is 0.597. The van der Waals surface area contributed by atoms with Crippen LogP contribution < -0.4 is 0 Å². The summed E-state index contributed by atoms with van der Waals surface area (Å²) in [7, 11) is 0. The first-order valence-electron chi connectivity index (χ1n) is 5.41. The molecule has 0 saturated heterocycles. The van der Waals surface area contributed by atoms with E-state index in [9.17, 15) is 0 Å². The molecule has 0 radical (unpaired) electrons. The average molecular weight is 164 g/mol. The molecule has 0 unspecified atom stereocenters. The zero-order chi connectivity index (χ0) is 10.0. The Labute approximate surface area is 88.7 Å². The Morgan fingerprint density at radius 3 is 1.25 bits per heavy atom. The van der Waals surface area contributed by atoms with Gasteiger partial charge in [-0.05, 0) is 0 Å². The summed E-state index contributed by atoms with van der Waals surface area (Å²) in [6.07, 6.45) is 7.01. The van der Waals surface area contributed by atoms with Crippen molar-refractivity contribution >= 4 is 17.7 Å². The van der Waals surface area contributed by atoms with E-state index in [-0.39, 0.29) is 0 Å². The summed E-state index contributed by atoms with van der Waals surface area (Å²) >= 11 is 2.19. The molecule has 0 rings (SSSR count). The van der Waals surface area contributed by atoms with Gasteiger partial charge in [0.25, 0.3) is 0 Å². The maximum absolute atomic E-state index is 2.25. The van der Waals surface area contributed by atoms with E-state index in [1.807, 2.05) is 0 Å². The van der Waals surface area contributed by atoms with Crippen molar-refractivity contribution in [1.82, 2.24) is 0 Å². The van der Waals surface area contributed by atoms with Crippen LogP contribution in [0.25, 0.3) is 0 Å². The van der Waals surface area contributed by atoms with Crippen LogP contribution in [0.3, 0.4) is 0 Å². The molecule has 0 fully saturated rings. The molecule has 0 atom stereocenters. The normalized spacial score (nSPS) is 10.6. The van der Waals surface area contributed by atoms with E-state index in [0.29, 0.717) is 4.09 Å². The van der Waals surface area contributed by atoms with Gasteiger partial charge >= 0.3 is 42.6 Å². The van der Waals surface area contributed by atoms with Gasteiger partial charge in [0.15, 0.2) is 0 Å². The van der Waals surface area contributed by atoms with Gasteiger partial charge in [0.2, 0.25) is 0 Å². The van der Waals surface area contributed by atoms with Crippen LogP contribution in [-0.4, -0.2) is 17.7 Å². The van der Waals surface area contributed by atoms with Crippen LogP contribution in [0.2, 0.25) is 4.09 Å². The van der Waals surface area contributed by atoms with Gasteiger partial charge in [-0.15, -0.1) is 0 Å². The SMILES string of the molecule is CCCCCCC.[Li][C](C)(C)C. The molecule has 0 aliphatic rings. The van der Waals surface area contributed by atoms with E-state index < -0.39 is 0 Å². The van der Waals surface area contributed by atoms with Gasteiger partial charge in [-0.2, -0.15) is 0 Å². The molecule has 1 heteroatoms. The molecule has 70 valence electrons. The van der Waals surface area contributed by atoms with Gasteiger partial charge in [-0.25, -0.2) is 0 Å². The van der Waals surface area contributed by atoms with Crippen molar-refractivity contribution in [2.75, 3.05) is 0 Å². The Kier molecular flexibility index (Phi) is 12.2. The van der Waals surface area contributed by atoms with Gasteiger partial charge in [-0.3, -0.25) is 0 Å². The molecule has 0 amide bonds. The molecule has 0 aromatic heterocycles. The number of hydrogen-bond donors (Lipinski definition) is 0. The maximum atomic E-state index is 2.25. The van der Waals surface area contributed by atoms with Crippen LogP contribution in [0.1, 0.15) is 66.7 Å². The Morgan fingerprint density at radius 2 is 1.08 bits per heavy atom. The molecule has 0 nitrogen and oxygen atoms in total. The Bertz CT molecular complexity index is 61.6. The third kappa shape index (κ3) is 46.2. The van der Waals surface area contributed by atoms with Crippen molar-refractivity contribution in [1.29, 1.82) is 0 Å². The molecule has 0 aromatic carbocycles. The topological polar surface area (TPSA) is 0 Å². The molecule has 0 N–H and O–H groups in total. The minimum absolute atomic E-state index is 0.500. The summed E-state index contributed by atoms with van der Waals surface area (Å²) in [4.78, 5) is 0. The molecule has 0 aliphatic heterocycles. The van der Waals surface area contributed by atoms with E-state index in [1.165, 1.54) is 32.1 Å². The van der Waals surface area contributed by atoms with E-state index in [0.717, 1.165) is 0 Å². The molecule has 0 aliphatic carbocycles. The third-order valence-corrected chi connectivity index (χ3v) is 1.21. The van der Waals surface area contributed by atoms with E-state index in [1.54, 1.807) is 0 Å². The summed E-state index contributed by atoms with van der Waals surface area (Å²) in [6.45, 7) is 11.1. The fourth-order valence-electron chi connectivity index (χ4n) is 0.677. The summed E-state index contributed by atoms with van der Waals surface area (Å²) in [5.74, 6) is 0. The first-order chi connectivity index (χ1) is 5.41. The molecule has 0 spiro atoms. The molecule has 0 aromatic rings. The van der Waals surface area contributed by atoms with Crippen LogP contribution in [0, 0.1) is 0 Å². The average Bonchev–Trinajstić information content (AvgIpc) is 1.85. The van der Waals surface area contributed by atoms with Crippen LogP contribution in [0.4, 0.5) is 0 Å². The van der Waals surface area contributed by atoms with Crippen LogP contribution in [-0.2, 0) is 0 Å². The van der Waals surface area contributed by atoms with Crippen molar-refractivity contribution in [2.45, 2.75) is 70.8 Å². The first-order valence-corrected chi connectivity index (χ1v) is 5.41. The second-order valence-corrected chi connectivity index (χ2v) is 5.06. The molecule has 0 heterocycles. The zero-order valence-corrected chi connectivity index (χ0v) is 10.0. The van der Waals surface area contributed by atoms with Gasteiger partial charge in [-0.1, -0.05) is 46.0 Å². The van der Waals surface area contributed by atoms with Gasteiger partial charge in [0, 0.05) is 0 Å². The Balaban J connectivity index is 0. The van der Waals surface area contributed by atoms with Gasteiger partial charge in [0.05, 0.1) is 0 Å². The third-order valence-electron chi connectivity index (χ3n) is 1.21. The second kappa shape index (κ2) is 9.68. The zero-order valence-electron chi connectivity index (χ0n) is 10.0. The Morgan fingerprint density at radius 1 is 0.833 bits per heavy atom. The molecule has 0 saturated carbocycles. The van der Waals surface area contributed by atoms with Crippen molar-refractivity contribution in [3.05, 3.63) is 0 Å². The standard InChI is InChI=1S/C7H16.C4H9.Li/c1-3-5-7-6-4-2;1-4(2)3;/h3-7H2,1-2H3;1-3H3;. The van der Waals surface area contributed by atoms with Crippen molar-refractivity contribution in [3.8, 4) is 0 Å². The second-order valence-electron chi connectivity index (χ2n) is 5.06. The summed E-state index contributed by atoms with van der Waals surface area (Å²) in [6, 6.07) is 0. The quantitative estimate of drug-likeness (QED) is 0.428. The van der Waals surface area contributed by atoms with Crippen LogP contribution in [0.15, 0.2) is 0 Å². The fourth-order valence-corrected chi connectivity index (χ4v) is 0.677. The van der Waals surface area contributed by atoms with E-state index >= 15 is 0 Å². The predicted molar refractivity (Wildman–Crippen MR) is 59.9 cm³/mol. The molecule has 0 bridgehead atoms.